The monoisotopic (exact) mass is 1390 g/mol. The number of halogens is 8. The first-order valence-electron chi connectivity index (χ1n) is 33.8. The van der Waals surface area contributed by atoms with Crippen molar-refractivity contribution in [1.82, 2.24) is 54.4 Å². The summed E-state index contributed by atoms with van der Waals surface area (Å²) >= 11 is 6.71. The predicted molar refractivity (Wildman–Crippen MR) is 367 cm³/mol. The van der Waals surface area contributed by atoms with Gasteiger partial charge in [0.2, 0.25) is 11.8 Å². The van der Waals surface area contributed by atoms with Gasteiger partial charge < -0.3 is 33.8 Å². The van der Waals surface area contributed by atoms with Crippen LogP contribution in [0.2, 0.25) is 5.02 Å². The molecule has 2 amide bonds. The molecule has 7 saturated heterocycles. The molecule has 7 aliphatic rings. The first-order valence-corrected chi connectivity index (χ1v) is 34.2. The fourth-order valence-corrected chi connectivity index (χ4v) is 17.2. The van der Waals surface area contributed by atoms with E-state index in [0.717, 1.165) is 48.4 Å². The molecule has 0 spiro atoms. The molecule has 1 unspecified atom stereocenters. The highest BCUT2D eigenvalue weighted by Crippen LogP contribution is 2.52. The predicted octanol–water partition coefficient (Wildman–Crippen LogP) is 11.5. The number of alkyl halides is 4. The molecule has 8 atom stereocenters. The van der Waals surface area contributed by atoms with Crippen molar-refractivity contribution in [2.45, 2.75) is 105 Å². The number of likely N-dealkylation sites (tertiary alicyclic amines) is 3. The molecule has 0 bridgehead atoms. The number of fused-ring (bicyclic) bond motifs is 6. The Labute approximate surface area is 577 Å². The van der Waals surface area contributed by atoms with Gasteiger partial charge in [-0.2, -0.15) is 19.9 Å². The average Bonchev–Trinajstić information content (AvgIpc) is 1.36. The van der Waals surface area contributed by atoms with Crippen molar-refractivity contribution in [2.24, 2.45) is 0 Å². The van der Waals surface area contributed by atoms with Gasteiger partial charge in [-0.15, -0.1) is 6.42 Å². The van der Waals surface area contributed by atoms with E-state index in [1.807, 2.05) is 35.1 Å². The third-order valence-corrected chi connectivity index (χ3v) is 22.3. The number of amides is 2. The highest BCUT2D eigenvalue weighted by Gasteiger charge is 2.56. The van der Waals surface area contributed by atoms with Crippen molar-refractivity contribution in [3.8, 4) is 46.9 Å². The van der Waals surface area contributed by atoms with Gasteiger partial charge in [0.05, 0.1) is 40.1 Å². The number of hydrogen-bond acceptors (Lipinski definition) is 16. The Bertz CT molecular complexity index is 4700. The van der Waals surface area contributed by atoms with Crippen LogP contribution in [-0.4, -0.2) is 214 Å². The highest BCUT2D eigenvalue weighted by molar-refractivity contribution is 6.36. The van der Waals surface area contributed by atoms with Gasteiger partial charge in [0.1, 0.15) is 71.5 Å². The van der Waals surface area contributed by atoms with Crippen molar-refractivity contribution in [1.29, 1.82) is 0 Å². The maximum Gasteiger partial charge on any atom is 0.319 e. The molecule has 0 N–H and O–H groups in total. The van der Waals surface area contributed by atoms with Gasteiger partial charge in [-0.1, -0.05) is 78.7 Å². The number of carbonyl (C=O) groups excluding carboxylic acids is 2. The quantitative estimate of drug-likeness (QED) is 0.0453. The Morgan fingerprint density at radius 1 is 0.740 bits per heavy atom. The molecular formula is C74H73ClF7N13O5. The van der Waals surface area contributed by atoms with Gasteiger partial charge in [0.15, 0.2) is 11.6 Å². The number of anilines is 2. The number of likely N-dealkylation sites (N-methyl/N-ethyl adjacent to an activating group) is 2. The lowest BCUT2D eigenvalue weighted by molar-refractivity contribution is -0.126. The van der Waals surface area contributed by atoms with Gasteiger partial charge in [-0.25, -0.2) is 30.7 Å². The minimum Gasteiger partial charge on any atom is -0.461 e. The molecule has 4 aromatic heterocycles. The van der Waals surface area contributed by atoms with Crippen LogP contribution in [-0.2, 0) is 14.3 Å². The molecule has 7 fully saturated rings. The summed E-state index contributed by atoms with van der Waals surface area (Å²) < 4.78 is 135. The standard InChI is InChI=1S/C74H73ClF7N13O5/c1-6-48-59-43(15-9-16-49(59)64-62(79)66-52(32-83-64)68(87-70(85-66)99-40-72-23-12-26-94(72)34-44(76)30-72)89(3)46-21-28-92(36-46)58(97)19-11-25-91-27-22-47(37-91)98-5)29-51(61(48)78)55-20-24-73(31-45(77)35-95(55)73)41-100-71-86-67-53(69(88-71)90(4)56-38-93(57(96)7-2)39-74(56,81)82)33-84-65(63(67)80)50-17-8-13-42-14-10-18-54(75)60(42)50/h1,7-11,13-19,29,32-33,44-47,55-56H,2,12,20-28,30-31,34-41H2,3-5H3/b19-11+/t44-,45-,46-,47+,55?,56-,72+,73+/m1/s1. The topological polar surface area (TPSA) is 162 Å². The molecule has 520 valence electrons. The van der Waals surface area contributed by atoms with Crippen molar-refractivity contribution >= 4 is 78.4 Å². The van der Waals surface area contributed by atoms with Crippen molar-refractivity contribution in [3.63, 3.8) is 0 Å². The van der Waals surface area contributed by atoms with Crippen LogP contribution >= 0.6 is 11.6 Å². The zero-order chi connectivity index (χ0) is 69.7. The molecule has 8 aromatic rings. The average molecular weight is 1390 g/mol. The largest absolute Gasteiger partial charge is 0.461 e. The number of ether oxygens (including phenoxy) is 3. The van der Waals surface area contributed by atoms with Crippen LogP contribution in [0.1, 0.15) is 68.5 Å². The Hall–Kier alpha value is -8.80. The van der Waals surface area contributed by atoms with E-state index in [2.05, 4.69) is 37.3 Å². The van der Waals surface area contributed by atoms with Gasteiger partial charge in [0, 0.05) is 149 Å². The number of pyridine rings is 2. The molecule has 0 aliphatic carbocycles. The Balaban J connectivity index is 0.744. The Morgan fingerprint density at radius 2 is 1.39 bits per heavy atom. The second kappa shape index (κ2) is 26.3. The maximum absolute atomic E-state index is 18.0. The molecule has 0 radical (unpaired) electrons. The normalized spacial score (nSPS) is 25.3. The fraction of sp³-hybridized carbons (Fsp3) is 0.432. The van der Waals surface area contributed by atoms with Crippen LogP contribution in [0.15, 0.2) is 97.9 Å². The molecule has 7 aliphatic heterocycles. The fourth-order valence-electron chi connectivity index (χ4n) is 16.9. The summed E-state index contributed by atoms with van der Waals surface area (Å²) in [5, 5.41) is 2.35. The molecule has 4 aromatic carbocycles. The van der Waals surface area contributed by atoms with E-state index in [0.29, 0.717) is 71.5 Å². The summed E-state index contributed by atoms with van der Waals surface area (Å²) in [7, 11) is 4.87. The van der Waals surface area contributed by atoms with Crippen molar-refractivity contribution in [3.05, 3.63) is 131 Å². The first kappa shape index (κ1) is 67.0. The van der Waals surface area contributed by atoms with Crippen molar-refractivity contribution in [2.75, 3.05) is 110 Å². The summed E-state index contributed by atoms with van der Waals surface area (Å²) in [5.41, 5.74) is -2.08. The van der Waals surface area contributed by atoms with Gasteiger partial charge in [-0.3, -0.25) is 34.3 Å². The molecule has 15 rings (SSSR count). The molecule has 100 heavy (non-hydrogen) atoms. The van der Waals surface area contributed by atoms with Crippen LogP contribution in [0.4, 0.5) is 42.4 Å². The van der Waals surface area contributed by atoms with E-state index < -0.39 is 83.9 Å². The minimum absolute atomic E-state index is 0.0453. The van der Waals surface area contributed by atoms with Crippen LogP contribution in [0.25, 0.3) is 65.9 Å². The summed E-state index contributed by atoms with van der Waals surface area (Å²) in [6.07, 6.45) is 15.0. The third-order valence-electron chi connectivity index (χ3n) is 22.0. The SMILES string of the molecule is C#Cc1c(F)c(C2CC[C@@]3(COc4nc(N(C)[C@@H]5CN(C(=O)C=C)CC5(F)F)c5cnc(-c6cccc7cccc(Cl)c67)c(F)c5n4)C[C@@H](F)CN23)cc2cccc(-c3ncc4c(N(C)[C@@H]5CCN(C(=O)/C=C/CN6CC[C@H](OC)C6)C5)nc(OC[C@@]56CCCN5C[C@H](F)C6)nc4c3F)c12. The van der Waals surface area contributed by atoms with E-state index >= 15 is 30.7 Å². The lowest BCUT2D eigenvalue weighted by Gasteiger charge is -2.35. The second-order valence-electron chi connectivity index (χ2n) is 27.7. The van der Waals surface area contributed by atoms with Gasteiger partial charge >= 0.3 is 12.0 Å². The number of methoxy groups -OCH3 is 1. The number of rotatable bonds is 18. The van der Waals surface area contributed by atoms with E-state index in [-0.39, 0.29) is 131 Å². The third kappa shape index (κ3) is 11.7. The minimum atomic E-state index is -3.47. The Kier molecular flexibility index (Phi) is 17.6. The van der Waals surface area contributed by atoms with E-state index in [1.54, 1.807) is 66.6 Å². The maximum atomic E-state index is 18.0. The summed E-state index contributed by atoms with van der Waals surface area (Å²) in [5.74, 6) is -4.23. The van der Waals surface area contributed by atoms with Crippen LogP contribution in [0.5, 0.6) is 12.0 Å². The number of hydrogen-bond donors (Lipinski definition) is 0. The number of terminal acetylenes is 1. The smallest absolute Gasteiger partial charge is 0.319 e. The molecular weight excluding hydrogens is 1320 g/mol. The molecule has 11 heterocycles. The number of carbonyl (C=O) groups is 2. The Morgan fingerprint density at radius 3 is 2.07 bits per heavy atom. The number of benzene rings is 4. The molecule has 26 heteroatoms. The van der Waals surface area contributed by atoms with E-state index in [4.69, 9.17) is 47.2 Å². The van der Waals surface area contributed by atoms with Crippen molar-refractivity contribution < 1.29 is 54.5 Å². The zero-order valence-corrected chi connectivity index (χ0v) is 56.2. The van der Waals surface area contributed by atoms with Crippen LogP contribution in [0, 0.1) is 29.8 Å². The second-order valence-corrected chi connectivity index (χ2v) is 28.1. The summed E-state index contributed by atoms with van der Waals surface area (Å²) in [6, 6.07) is 13.8. The molecule has 18 nitrogen and oxygen atoms in total. The van der Waals surface area contributed by atoms with Gasteiger partial charge in [0.25, 0.3) is 5.92 Å². The summed E-state index contributed by atoms with van der Waals surface area (Å²) in [4.78, 5) is 66.2. The van der Waals surface area contributed by atoms with E-state index in [1.165, 1.54) is 19.4 Å². The lowest BCUT2D eigenvalue weighted by atomic mass is 9.91. The number of aromatic nitrogens is 6. The van der Waals surface area contributed by atoms with Crippen LogP contribution in [0.3, 0.4) is 0 Å². The van der Waals surface area contributed by atoms with Crippen LogP contribution < -0.4 is 19.3 Å². The summed E-state index contributed by atoms with van der Waals surface area (Å²) in [6.45, 7) is 5.86. The number of nitrogens with zero attached hydrogens (tertiary/aromatic N) is 13. The zero-order valence-electron chi connectivity index (χ0n) is 55.4. The molecule has 0 saturated carbocycles. The first-order chi connectivity index (χ1) is 48.2. The lowest BCUT2D eigenvalue weighted by Crippen LogP contribution is -2.46. The van der Waals surface area contributed by atoms with Gasteiger partial charge in [-0.05, 0) is 74.1 Å². The highest BCUT2D eigenvalue weighted by atomic mass is 35.5. The van der Waals surface area contributed by atoms with E-state index in [9.17, 15) is 9.59 Å².